The van der Waals surface area contributed by atoms with E-state index in [0.717, 1.165) is 12.0 Å². The molecule has 0 amide bonds. The summed E-state index contributed by atoms with van der Waals surface area (Å²) >= 11 is 0. The Balaban J connectivity index is 3.16. The summed E-state index contributed by atoms with van der Waals surface area (Å²) in [4.78, 5) is 0. The molecule has 1 heteroatoms. The fraction of sp³-hybridized carbons (Fsp3) is 0.538. The summed E-state index contributed by atoms with van der Waals surface area (Å²) in [5.74, 6) is 0. The molecular weight excluding hydrogens is 172 g/mol. The average molecular weight is 192 g/mol. The quantitative estimate of drug-likeness (QED) is 0.761. The number of aliphatic hydroxyl groups excluding tert-OH is 1. The number of benzene rings is 1. The van der Waals surface area contributed by atoms with E-state index in [0.29, 0.717) is 0 Å². The first-order chi connectivity index (χ1) is 6.46. The molecule has 0 bridgehead atoms. The van der Waals surface area contributed by atoms with Crippen LogP contribution in [0, 0.1) is 0 Å². The van der Waals surface area contributed by atoms with Gasteiger partial charge in [-0.05, 0) is 23.0 Å². The second-order valence-corrected chi connectivity index (χ2v) is 4.76. The van der Waals surface area contributed by atoms with Gasteiger partial charge in [0, 0.05) is 0 Å². The molecule has 0 heterocycles. The molecule has 14 heavy (non-hydrogen) atoms. The van der Waals surface area contributed by atoms with Crippen LogP contribution in [0.5, 0.6) is 0 Å². The van der Waals surface area contributed by atoms with Crippen molar-refractivity contribution in [3.05, 3.63) is 35.4 Å². The highest BCUT2D eigenvalue weighted by atomic mass is 16.3. The maximum absolute atomic E-state index is 9.87. The van der Waals surface area contributed by atoms with Crippen molar-refractivity contribution in [2.45, 2.75) is 45.6 Å². The maximum Gasteiger partial charge on any atom is 0.0790 e. The zero-order valence-corrected chi connectivity index (χ0v) is 9.54. The van der Waals surface area contributed by atoms with E-state index in [4.69, 9.17) is 0 Å². The highest BCUT2D eigenvalue weighted by Crippen LogP contribution is 2.30. The summed E-state index contributed by atoms with van der Waals surface area (Å²) in [5, 5.41) is 9.87. The zero-order valence-electron chi connectivity index (χ0n) is 9.54. The van der Waals surface area contributed by atoms with Crippen molar-refractivity contribution < 1.29 is 5.11 Å². The van der Waals surface area contributed by atoms with Crippen LogP contribution in [0.15, 0.2) is 24.3 Å². The molecule has 0 aliphatic carbocycles. The SMILES string of the molecule is CCC(O)c1ccccc1C(C)(C)C. The zero-order chi connectivity index (χ0) is 10.8. The van der Waals surface area contributed by atoms with Crippen LogP contribution in [-0.2, 0) is 5.41 Å². The van der Waals surface area contributed by atoms with Crippen LogP contribution in [0.4, 0.5) is 0 Å². The van der Waals surface area contributed by atoms with Crippen molar-refractivity contribution in [2.75, 3.05) is 0 Å². The van der Waals surface area contributed by atoms with Gasteiger partial charge in [-0.3, -0.25) is 0 Å². The smallest absolute Gasteiger partial charge is 0.0790 e. The summed E-state index contributed by atoms with van der Waals surface area (Å²) in [7, 11) is 0. The number of hydrogen-bond donors (Lipinski definition) is 1. The van der Waals surface area contributed by atoms with E-state index < -0.39 is 0 Å². The van der Waals surface area contributed by atoms with Crippen LogP contribution < -0.4 is 0 Å². The van der Waals surface area contributed by atoms with Gasteiger partial charge in [0.15, 0.2) is 0 Å². The topological polar surface area (TPSA) is 20.2 Å². The highest BCUT2D eigenvalue weighted by Gasteiger charge is 2.20. The lowest BCUT2D eigenvalue weighted by atomic mass is 9.82. The molecule has 0 fully saturated rings. The van der Waals surface area contributed by atoms with E-state index in [2.05, 4.69) is 26.8 Å². The molecule has 0 aromatic heterocycles. The third-order valence-corrected chi connectivity index (χ3v) is 2.51. The minimum atomic E-state index is -0.328. The average Bonchev–Trinajstić information content (AvgIpc) is 2.15. The van der Waals surface area contributed by atoms with Crippen LogP contribution in [0.3, 0.4) is 0 Å². The normalized spacial score (nSPS) is 14.1. The van der Waals surface area contributed by atoms with Crippen molar-refractivity contribution in [2.24, 2.45) is 0 Å². The Hall–Kier alpha value is -0.820. The van der Waals surface area contributed by atoms with Gasteiger partial charge >= 0.3 is 0 Å². The summed E-state index contributed by atoms with van der Waals surface area (Å²) in [6.45, 7) is 8.53. The van der Waals surface area contributed by atoms with Gasteiger partial charge in [0.05, 0.1) is 6.10 Å². The van der Waals surface area contributed by atoms with Crippen LogP contribution in [0.25, 0.3) is 0 Å². The van der Waals surface area contributed by atoms with E-state index in [1.807, 2.05) is 25.1 Å². The predicted octanol–water partition coefficient (Wildman–Crippen LogP) is 3.43. The molecule has 0 radical (unpaired) electrons. The molecule has 1 N–H and O–H groups in total. The monoisotopic (exact) mass is 192 g/mol. The predicted molar refractivity (Wildman–Crippen MR) is 60.4 cm³/mol. The van der Waals surface area contributed by atoms with E-state index in [-0.39, 0.29) is 11.5 Å². The lowest BCUT2D eigenvalue weighted by Gasteiger charge is -2.24. The van der Waals surface area contributed by atoms with E-state index in [1.54, 1.807) is 0 Å². The molecule has 0 aliphatic heterocycles. The van der Waals surface area contributed by atoms with E-state index >= 15 is 0 Å². The van der Waals surface area contributed by atoms with Crippen molar-refractivity contribution in [3.63, 3.8) is 0 Å². The van der Waals surface area contributed by atoms with E-state index in [1.165, 1.54) is 5.56 Å². The summed E-state index contributed by atoms with van der Waals surface area (Å²) in [5.41, 5.74) is 2.42. The molecular formula is C13H20O. The Morgan fingerprint density at radius 3 is 2.29 bits per heavy atom. The molecule has 78 valence electrons. The molecule has 1 rings (SSSR count). The van der Waals surface area contributed by atoms with Gasteiger partial charge in [0.25, 0.3) is 0 Å². The van der Waals surface area contributed by atoms with Crippen molar-refractivity contribution in [1.82, 2.24) is 0 Å². The van der Waals surface area contributed by atoms with Gasteiger partial charge in [-0.1, -0.05) is 52.0 Å². The first kappa shape index (κ1) is 11.3. The molecule has 0 aliphatic rings. The largest absolute Gasteiger partial charge is 0.388 e. The summed E-state index contributed by atoms with van der Waals surface area (Å²) < 4.78 is 0. The van der Waals surface area contributed by atoms with Crippen LogP contribution in [-0.4, -0.2) is 5.11 Å². The van der Waals surface area contributed by atoms with E-state index in [9.17, 15) is 5.11 Å². The minimum absolute atomic E-state index is 0.104. The Kier molecular flexibility index (Phi) is 3.33. The van der Waals surface area contributed by atoms with Gasteiger partial charge in [0.1, 0.15) is 0 Å². The van der Waals surface area contributed by atoms with Gasteiger partial charge < -0.3 is 5.11 Å². The molecule has 1 nitrogen and oxygen atoms in total. The van der Waals surface area contributed by atoms with Crippen molar-refractivity contribution in [1.29, 1.82) is 0 Å². The fourth-order valence-electron chi connectivity index (χ4n) is 1.69. The molecule has 0 spiro atoms. The van der Waals surface area contributed by atoms with Gasteiger partial charge in [0.2, 0.25) is 0 Å². The standard InChI is InChI=1S/C13H20O/c1-5-12(14)10-8-6-7-9-11(10)13(2,3)4/h6-9,12,14H,5H2,1-4H3. The second-order valence-electron chi connectivity index (χ2n) is 4.76. The minimum Gasteiger partial charge on any atom is -0.388 e. The second kappa shape index (κ2) is 4.14. The van der Waals surface area contributed by atoms with Crippen molar-refractivity contribution >= 4 is 0 Å². The van der Waals surface area contributed by atoms with Gasteiger partial charge in [-0.15, -0.1) is 0 Å². The number of rotatable bonds is 2. The van der Waals surface area contributed by atoms with Crippen LogP contribution in [0.1, 0.15) is 51.3 Å². The van der Waals surface area contributed by atoms with Gasteiger partial charge in [-0.2, -0.15) is 0 Å². The highest BCUT2D eigenvalue weighted by molar-refractivity contribution is 5.34. The Labute approximate surface area is 86.8 Å². The molecule has 0 saturated heterocycles. The van der Waals surface area contributed by atoms with Crippen LogP contribution >= 0.6 is 0 Å². The third-order valence-electron chi connectivity index (χ3n) is 2.51. The Bertz CT molecular complexity index is 296. The molecule has 0 saturated carbocycles. The van der Waals surface area contributed by atoms with Crippen molar-refractivity contribution in [3.8, 4) is 0 Å². The first-order valence-electron chi connectivity index (χ1n) is 5.24. The summed E-state index contributed by atoms with van der Waals surface area (Å²) in [6.07, 6.45) is 0.443. The summed E-state index contributed by atoms with van der Waals surface area (Å²) in [6, 6.07) is 8.15. The molecule has 1 aromatic rings. The lowest BCUT2D eigenvalue weighted by molar-refractivity contribution is 0.171. The first-order valence-corrected chi connectivity index (χ1v) is 5.24. The van der Waals surface area contributed by atoms with Crippen LogP contribution in [0.2, 0.25) is 0 Å². The third kappa shape index (κ3) is 2.36. The number of hydrogen-bond acceptors (Lipinski definition) is 1. The Morgan fingerprint density at radius 2 is 1.79 bits per heavy atom. The Morgan fingerprint density at radius 1 is 1.21 bits per heavy atom. The lowest BCUT2D eigenvalue weighted by Crippen LogP contribution is -2.15. The maximum atomic E-state index is 9.87. The van der Waals surface area contributed by atoms with Gasteiger partial charge in [-0.25, -0.2) is 0 Å². The molecule has 1 aromatic carbocycles. The molecule has 1 atom stereocenters. The molecule has 1 unspecified atom stereocenters. The fourth-order valence-corrected chi connectivity index (χ4v) is 1.69. The number of aliphatic hydroxyl groups is 1.